The highest BCUT2D eigenvalue weighted by Crippen LogP contribution is 2.32. The maximum atomic E-state index is 12.6. The number of nitrogens with one attached hydrogen (secondary N) is 3. The lowest BCUT2D eigenvalue weighted by Gasteiger charge is -2.30. The van der Waals surface area contributed by atoms with Crippen molar-refractivity contribution in [1.82, 2.24) is 10.6 Å². The zero-order valence-electron chi connectivity index (χ0n) is 20.2. The van der Waals surface area contributed by atoms with Crippen molar-refractivity contribution >= 4 is 17.6 Å². The Bertz CT molecular complexity index is 1140. The number of halogens is 6. The molecule has 0 atom stereocenters. The molecule has 214 valence electrons. The van der Waals surface area contributed by atoms with Gasteiger partial charge in [0.15, 0.2) is 0 Å². The van der Waals surface area contributed by atoms with Crippen LogP contribution in [-0.4, -0.2) is 55.1 Å². The van der Waals surface area contributed by atoms with Crippen LogP contribution in [0.15, 0.2) is 42.5 Å². The molecule has 1 fully saturated rings. The van der Waals surface area contributed by atoms with Crippen LogP contribution in [0, 0.1) is 0 Å². The maximum Gasteiger partial charge on any atom is 0.573 e. The Morgan fingerprint density at radius 3 is 2.15 bits per heavy atom. The molecule has 2 aromatic rings. The second-order valence-electron chi connectivity index (χ2n) is 8.45. The van der Waals surface area contributed by atoms with Crippen molar-refractivity contribution in [2.75, 3.05) is 18.5 Å². The van der Waals surface area contributed by atoms with Crippen LogP contribution in [-0.2, 0) is 0 Å². The van der Waals surface area contributed by atoms with Crippen LogP contribution in [0.2, 0.25) is 0 Å². The summed E-state index contributed by atoms with van der Waals surface area (Å²) in [6, 6.07) is 6.98. The molecule has 1 aliphatic carbocycles. The summed E-state index contributed by atoms with van der Waals surface area (Å²) in [5.41, 5.74) is -0.113. The van der Waals surface area contributed by atoms with E-state index >= 15 is 0 Å². The topological polar surface area (TPSA) is 118 Å². The molecular weight excluding hydrogens is 540 g/mol. The molecule has 3 rings (SSSR count). The van der Waals surface area contributed by atoms with Gasteiger partial charge in [0, 0.05) is 24.3 Å². The summed E-state index contributed by atoms with van der Waals surface area (Å²) in [6.45, 7) is -0.501. The van der Waals surface area contributed by atoms with E-state index in [-0.39, 0.29) is 36.2 Å². The standard InChI is InChI=1S/C24H25F6N3O6/c25-23(26,27)38-17-3-1-2-15(12-17)33-22(36)32-14-4-6-16(7-5-14)37-20-9-8-18(39-24(28,29)30)13-19(20)21(35)31-10-11-34/h1-3,8-9,12-14,16,34H,4-7,10-11H2,(H,31,35)(H2,32,33,36). The van der Waals surface area contributed by atoms with Gasteiger partial charge in [0.2, 0.25) is 0 Å². The van der Waals surface area contributed by atoms with Crippen molar-refractivity contribution in [3.05, 3.63) is 48.0 Å². The minimum absolute atomic E-state index is 0.0232. The number of carbonyl (C=O) groups excluding carboxylic acids is 2. The van der Waals surface area contributed by atoms with Crippen LogP contribution in [0.3, 0.4) is 0 Å². The van der Waals surface area contributed by atoms with E-state index in [1.807, 2.05) is 0 Å². The number of alkyl halides is 6. The number of hydrogen-bond acceptors (Lipinski definition) is 6. The molecule has 4 N–H and O–H groups in total. The molecule has 0 spiro atoms. The third kappa shape index (κ3) is 10.1. The van der Waals surface area contributed by atoms with Crippen LogP contribution in [0.5, 0.6) is 17.2 Å². The summed E-state index contributed by atoms with van der Waals surface area (Å²) in [6.07, 6.45) is -8.48. The molecule has 0 bridgehead atoms. The van der Waals surface area contributed by atoms with Crippen molar-refractivity contribution in [3.63, 3.8) is 0 Å². The highest BCUT2D eigenvalue weighted by molar-refractivity contribution is 5.97. The van der Waals surface area contributed by atoms with Crippen molar-refractivity contribution in [2.45, 2.75) is 50.6 Å². The molecule has 15 heteroatoms. The molecule has 1 saturated carbocycles. The molecule has 2 aromatic carbocycles. The first-order chi connectivity index (χ1) is 18.3. The summed E-state index contributed by atoms with van der Waals surface area (Å²) in [7, 11) is 0. The van der Waals surface area contributed by atoms with E-state index < -0.39 is 42.3 Å². The van der Waals surface area contributed by atoms with Gasteiger partial charge in [-0.15, -0.1) is 26.3 Å². The number of amides is 3. The number of carbonyl (C=O) groups is 2. The van der Waals surface area contributed by atoms with Gasteiger partial charge >= 0.3 is 18.8 Å². The summed E-state index contributed by atoms with van der Waals surface area (Å²) >= 11 is 0. The monoisotopic (exact) mass is 565 g/mol. The SMILES string of the molecule is O=C(Nc1cccc(OC(F)(F)F)c1)NC1CCC(Oc2ccc(OC(F)(F)F)cc2C(=O)NCCO)CC1. The summed E-state index contributed by atoms with van der Waals surface area (Å²) in [5, 5.41) is 16.4. The number of benzene rings is 2. The zero-order valence-corrected chi connectivity index (χ0v) is 20.2. The molecule has 1 aliphatic rings. The Morgan fingerprint density at radius 1 is 0.897 bits per heavy atom. The average Bonchev–Trinajstić information content (AvgIpc) is 2.83. The molecule has 3 amide bonds. The molecule has 39 heavy (non-hydrogen) atoms. The van der Waals surface area contributed by atoms with Crippen molar-refractivity contribution in [3.8, 4) is 17.2 Å². The molecular formula is C24H25F6N3O6. The molecule has 9 nitrogen and oxygen atoms in total. The minimum Gasteiger partial charge on any atom is -0.490 e. The van der Waals surface area contributed by atoms with Crippen LogP contribution in [0.4, 0.5) is 36.8 Å². The van der Waals surface area contributed by atoms with E-state index in [0.29, 0.717) is 25.7 Å². The Kier molecular flexibility index (Phi) is 9.72. The smallest absolute Gasteiger partial charge is 0.490 e. The largest absolute Gasteiger partial charge is 0.573 e. The second kappa shape index (κ2) is 12.8. The van der Waals surface area contributed by atoms with E-state index in [2.05, 4.69) is 25.4 Å². The quantitative estimate of drug-likeness (QED) is 0.327. The first-order valence-corrected chi connectivity index (χ1v) is 11.7. The summed E-state index contributed by atoms with van der Waals surface area (Å²) in [5.74, 6) is -1.84. The first-order valence-electron chi connectivity index (χ1n) is 11.7. The van der Waals surface area contributed by atoms with E-state index in [9.17, 15) is 35.9 Å². The van der Waals surface area contributed by atoms with Gasteiger partial charge in [0.05, 0.1) is 18.3 Å². The number of aliphatic hydroxyl groups is 1. The summed E-state index contributed by atoms with van der Waals surface area (Å²) < 4.78 is 88.6. The molecule has 0 aromatic heterocycles. The van der Waals surface area contributed by atoms with Gasteiger partial charge in [0.1, 0.15) is 17.2 Å². The third-order valence-electron chi connectivity index (χ3n) is 5.46. The van der Waals surface area contributed by atoms with Gasteiger partial charge < -0.3 is 35.3 Å². The van der Waals surface area contributed by atoms with Crippen LogP contribution in [0.25, 0.3) is 0 Å². The number of rotatable bonds is 9. The molecule has 0 radical (unpaired) electrons. The first kappa shape index (κ1) is 29.7. The van der Waals surface area contributed by atoms with Gasteiger partial charge in [-0.3, -0.25) is 4.79 Å². The van der Waals surface area contributed by atoms with E-state index in [4.69, 9.17) is 9.84 Å². The van der Waals surface area contributed by atoms with Gasteiger partial charge in [-0.05, 0) is 56.0 Å². The average molecular weight is 565 g/mol. The second-order valence-corrected chi connectivity index (χ2v) is 8.45. The van der Waals surface area contributed by atoms with Crippen molar-refractivity contribution < 1.29 is 55.2 Å². The van der Waals surface area contributed by atoms with Gasteiger partial charge in [-0.1, -0.05) is 6.07 Å². The van der Waals surface area contributed by atoms with E-state index in [0.717, 1.165) is 24.3 Å². The fraction of sp³-hybridized carbons (Fsp3) is 0.417. The predicted octanol–water partition coefficient (Wildman–Crippen LogP) is 4.72. The lowest BCUT2D eigenvalue weighted by molar-refractivity contribution is -0.275. The zero-order chi connectivity index (χ0) is 28.6. The van der Waals surface area contributed by atoms with Crippen molar-refractivity contribution in [2.24, 2.45) is 0 Å². The van der Waals surface area contributed by atoms with Gasteiger partial charge in [-0.2, -0.15) is 0 Å². The van der Waals surface area contributed by atoms with Gasteiger partial charge in [0.25, 0.3) is 5.91 Å². The Morgan fingerprint density at radius 2 is 1.54 bits per heavy atom. The molecule has 0 heterocycles. The van der Waals surface area contributed by atoms with Crippen LogP contribution in [0.1, 0.15) is 36.0 Å². The number of urea groups is 1. The van der Waals surface area contributed by atoms with E-state index in [1.165, 1.54) is 18.2 Å². The van der Waals surface area contributed by atoms with Crippen molar-refractivity contribution in [1.29, 1.82) is 0 Å². The number of ether oxygens (including phenoxy) is 3. The maximum absolute atomic E-state index is 12.6. The Labute approximate surface area is 218 Å². The normalized spacial score (nSPS) is 17.6. The lowest BCUT2D eigenvalue weighted by Crippen LogP contribution is -2.41. The molecule has 0 saturated heterocycles. The Hall–Kier alpha value is -3.88. The fourth-order valence-electron chi connectivity index (χ4n) is 3.88. The number of anilines is 1. The highest BCUT2D eigenvalue weighted by atomic mass is 19.4. The van der Waals surface area contributed by atoms with Gasteiger partial charge in [-0.25, -0.2) is 4.79 Å². The Balaban J connectivity index is 1.55. The van der Waals surface area contributed by atoms with Crippen LogP contribution < -0.4 is 30.2 Å². The predicted molar refractivity (Wildman–Crippen MR) is 124 cm³/mol. The number of aliphatic hydroxyl groups excluding tert-OH is 1. The fourth-order valence-corrected chi connectivity index (χ4v) is 3.88. The minimum atomic E-state index is -4.96. The van der Waals surface area contributed by atoms with Crippen LogP contribution >= 0.6 is 0 Å². The lowest BCUT2D eigenvalue weighted by atomic mass is 9.93. The summed E-state index contributed by atoms with van der Waals surface area (Å²) in [4.78, 5) is 24.8. The highest BCUT2D eigenvalue weighted by Gasteiger charge is 2.33. The third-order valence-corrected chi connectivity index (χ3v) is 5.46. The molecule has 0 aliphatic heterocycles. The molecule has 0 unspecified atom stereocenters. The van der Waals surface area contributed by atoms with E-state index in [1.54, 1.807) is 0 Å². The number of hydrogen-bond donors (Lipinski definition) is 4.